The van der Waals surface area contributed by atoms with Crippen molar-refractivity contribution < 1.29 is 14.0 Å². The lowest BCUT2D eigenvalue weighted by atomic mass is 10.1. The van der Waals surface area contributed by atoms with Gasteiger partial charge in [0.25, 0.3) is 5.91 Å². The van der Waals surface area contributed by atoms with Crippen LogP contribution in [0.2, 0.25) is 0 Å². The lowest BCUT2D eigenvalue weighted by molar-refractivity contribution is -0.121. The number of carbonyl (C=O) groups excluding carboxylic acids is 2. The Balaban J connectivity index is 1.44. The second-order valence-corrected chi connectivity index (χ2v) is 7.28. The molecule has 7 heteroatoms. The minimum atomic E-state index is -0.134. The lowest BCUT2D eigenvalue weighted by Crippen LogP contribution is -2.29. The highest BCUT2D eigenvalue weighted by Crippen LogP contribution is 2.16. The van der Waals surface area contributed by atoms with Crippen LogP contribution in [0.15, 0.2) is 71.3 Å². The van der Waals surface area contributed by atoms with E-state index >= 15 is 0 Å². The standard InChI is InChI=1S/C24H24N4O3/c1-17-7-2-3-9-19(17)24(30)25-13-12-22-27-20-10-4-5-11-21(20)28(22)16-23(29)26-15-18-8-6-14-31-18/h2-11,14H,12-13,15-16H2,1H3,(H,25,30)(H,26,29). The Kier molecular flexibility index (Phi) is 6.12. The van der Waals surface area contributed by atoms with Crippen molar-refractivity contribution in [3.63, 3.8) is 0 Å². The Bertz CT molecular complexity index is 1190. The SMILES string of the molecule is Cc1ccccc1C(=O)NCCc1nc2ccccc2n1CC(=O)NCc1ccco1. The number of nitrogens with one attached hydrogen (secondary N) is 2. The maximum Gasteiger partial charge on any atom is 0.251 e. The topological polar surface area (TPSA) is 89.2 Å². The van der Waals surface area contributed by atoms with E-state index in [0.717, 1.165) is 22.4 Å². The summed E-state index contributed by atoms with van der Waals surface area (Å²) in [5, 5.41) is 5.82. The van der Waals surface area contributed by atoms with Crippen LogP contribution in [0.3, 0.4) is 0 Å². The molecule has 2 aromatic heterocycles. The van der Waals surface area contributed by atoms with Crippen LogP contribution >= 0.6 is 0 Å². The normalized spacial score (nSPS) is 10.9. The minimum absolute atomic E-state index is 0.114. The Morgan fingerprint density at radius 2 is 1.81 bits per heavy atom. The fourth-order valence-corrected chi connectivity index (χ4v) is 3.50. The molecule has 0 radical (unpaired) electrons. The molecule has 0 unspecified atom stereocenters. The maximum atomic E-state index is 12.5. The van der Waals surface area contributed by atoms with Crippen LogP contribution < -0.4 is 10.6 Å². The van der Waals surface area contributed by atoms with E-state index in [2.05, 4.69) is 15.6 Å². The molecular formula is C24H24N4O3. The third-order valence-corrected chi connectivity index (χ3v) is 5.10. The van der Waals surface area contributed by atoms with E-state index in [1.54, 1.807) is 12.3 Å². The number of carbonyl (C=O) groups is 2. The van der Waals surface area contributed by atoms with E-state index in [4.69, 9.17) is 4.42 Å². The molecule has 0 aliphatic rings. The van der Waals surface area contributed by atoms with Gasteiger partial charge in [0.1, 0.15) is 18.1 Å². The Labute approximate surface area is 180 Å². The van der Waals surface area contributed by atoms with Crippen LogP contribution in [0.1, 0.15) is 27.5 Å². The number of fused-ring (bicyclic) bond motifs is 1. The van der Waals surface area contributed by atoms with Gasteiger partial charge in [-0.1, -0.05) is 30.3 Å². The largest absolute Gasteiger partial charge is 0.467 e. The summed E-state index contributed by atoms with van der Waals surface area (Å²) in [6.07, 6.45) is 2.09. The van der Waals surface area contributed by atoms with Crippen LogP contribution in [-0.2, 0) is 24.3 Å². The molecule has 0 bridgehead atoms. The number of furan rings is 1. The van der Waals surface area contributed by atoms with Gasteiger partial charge in [0, 0.05) is 18.5 Å². The molecule has 0 atom stereocenters. The van der Waals surface area contributed by atoms with Crippen molar-refractivity contribution in [2.75, 3.05) is 6.54 Å². The summed E-state index contributed by atoms with van der Waals surface area (Å²) in [5.74, 6) is 1.20. The number of aromatic nitrogens is 2. The molecule has 0 saturated carbocycles. The lowest BCUT2D eigenvalue weighted by Gasteiger charge is -2.11. The number of nitrogens with zero attached hydrogens (tertiary/aromatic N) is 2. The van der Waals surface area contributed by atoms with Gasteiger partial charge in [-0.2, -0.15) is 0 Å². The zero-order valence-corrected chi connectivity index (χ0v) is 17.3. The summed E-state index contributed by atoms with van der Waals surface area (Å²) in [7, 11) is 0. The highest BCUT2D eigenvalue weighted by molar-refractivity contribution is 5.95. The summed E-state index contributed by atoms with van der Waals surface area (Å²) in [6.45, 7) is 2.81. The molecule has 2 N–H and O–H groups in total. The first-order valence-corrected chi connectivity index (χ1v) is 10.2. The summed E-state index contributed by atoms with van der Waals surface area (Å²) >= 11 is 0. The molecule has 0 aliphatic carbocycles. The minimum Gasteiger partial charge on any atom is -0.467 e. The number of aryl methyl sites for hydroxylation is 1. The number of benzene rings is 2. The summed E-state index contributed by atoms with van der Waals surface area (Å²) in [6, 6.07) is 18.8. The predicted octanol–water partition coefficient (Wildman–Crippen LogP) is 3.23. The third kappa shape index (κ3) is 4.83. The first-order chi connectivity index (χ1) is 15.1. The van der Waals surface area contributed by atoms with Crippen LogP contribution in [0.25, 0.3) is 11.0 Å². The molecule has 7 nitrogen and oxygen atoms in total. The van der Waals surface area contributed by atoms with E-state index in [-0.39, 0.29) is 18.4 Å². The van der Waals surface area contributed by atoms with Crippen molar-refractivity contribution in [1.82, 2.24) is 20.2 Å². The van der Waals surface area contributed by atoms with E-state index in [1.807, 2.05) is 66.1 Å². The molecular weight excluding hydrogens is 392 g/mol. The van der Waals surface area contributed by atoms with Crippen molar-refractivity contribution in [2.24, 2.45) is 0 Å². The Morgan fingerprint density at radius 3 is 2.61 bits per heavy atom. The van der Waals surface area contributed by atoms with Crippen molar-refractivity contribution in [2.45, 2.75) is 26.4 Å². The fourth-order valence-electron chi connectivity index (χ4n) is 3.50. The molecule has 31 heavy (non-hydrogen) atoms. The highest BCUT2D eigenvalue weighted by Gasteiger charge is 2.15. The predicted molar refractivity (Wildman–Crippen MR) is 118 cm³/mol. The second-order valence-electron chi connectivity index (χ2n) is 7.28. The molecule has 0 spiro atoms. The number of hydrogen-bond donors (Lipinski definition) is 2. The molecule has 2 heterocycles. The van der Waals surface area contributed by atoms with Gasteiger partial charge in [0.2, 0.25) is 5.91 Å². The highest BCUT2D eigenvalue weighted by atomic mass is 16.3. The van der Waals surface area contributed by atoms with E-state index < -0.39 is 0 Å². The first kappa shape index (κ1) is 20.4. The van der Waals surface area contributed by atoms with Crippen molar-refractivity contribution in [1.29, 1.82) is 0 Å². The van der Waals surface area contributed by atoms with E-state index in [1.165, 1.54) is 0 Å². The summed E-state index contributed by atoms with van der Waals surface area (Å²) in [5.41, 5.74) is 3.30. The average molecular weight is 416 g/mol. The van der Waals surface area contributed by atoms with Crippen molar-refractivity contribution >= 4 is 22.8 Å². The van der Waals surface area contributed by atoms with Gasteiger partial charge < -0.3 is 19.6 Å². The average Bonchev–Trinajstić information content (AvgIpc) is 3.41. The van der Waals surface area contributed by atoms with Gasteiger partial charge in [-0.3, -0.25) is 9.59 Å². The van der Waals surface area contributed by atoms with Crippen LogP contribution in [0.4, 0.5) is 0 Å². The molecule has 2 aromatic carbocycles. The molecule has 0 aliphatic heterocycles. The molecule has 0 saturated heterocycles. The third-order valence-electron chi connectivity index (χ3n) is 5.10. The molecule has 4 rings (SSSR count). The molecule has 2 amide bonds. The summed E-state index contributed by atoms with van der Waals surface area (Å²) < 4.78 is 7.15. The Morgan fingerprint density at radius 1 is 1.00 bits per heavy atom. The van der Waals surface area contributed by atoms with Gasteiger partial charge in [-0.15, -0.1) is 0 Å². The van der Waals surface area contributed by atoms with Crippen LogP contribution in [0.5, 0.6) is 0 Å². The van der Waals surface area contributed by atoms with Gasteiger partial charge in [0.05, 0.1) is 23.8 Å². The zero-order valence-electron chi connectivity index (χ0n) is 17.3. The van der Waals surface area contributed by atoms with Gasteiger partial charge in [-0.25, -0.2) is 4.98 Å². The maximum absolute atomic E-state index is 12.5. The van der Waals surface area contributed by atoms with Crippen molar-refractivity contribution in [3.8, 4) is 0 Å². The van der Waals surface area contributed by atoms with Gasteiger partial charge in [-0.05, 0) is 42.8 Å². The monoisotopic (exact) mass is 416 g/mol. The number of para-hydroxylation sites is 2. The molecule has 4 aromatic rings. The van der Waals surface area contributed by atoms with Crippen LogP contribution in [-0.4, -0.2) is 27.9 Å². The quantitative estimate of drug-likeness (QED) is 0.462. The second kappa shape index (κ2) is 9.30. The smallest absolute Gasteiger partial charge is 0.251 e. The number of hydrogen-bond acceptors (Lipinski definition) is 4. The Hall–Kier alpha value is -3.87. The van der Waals surface area contributed by atoms with E-state index in [9.17, 15) is 9.59 Å². The van der Waals surface area contributed by atoms with E-state index in [0.29, 0.717) is 30.8 Å². The van der Waals surface area contributed by atoms with Crippen LogP contribution in [0, 0.1) is 6.92 Å². The summed E-state index contributed by atoms with van der Waals surface area (Å²) in [4.78, 5) is 29.7. The fraction of sp³-hybridized carbons (Fsp3) is 0.208. The van der Waals surface area contributed by atoms with Gasteiger partial charge in [0.15, 0.2) is 0 Å². The first-order valence-electron chi connectivity index (χ1n) is 10.2. The molecule has 0 fully saturated rings. The zero-order chi connectivity index (χ0) is 21.6. The molecule has 158 valence electrons. The van der Waals surface area contributed by atoms with Crippen molar-refractivity contribution in [3.05, 3.63) is 89.6 Å². The van der Waals surface area contributed by atoms with Gasteiger partial charge >= 0.3 is 0 Å². The number of imidazole rings is 1. The number of rotatable bonds is 8. The number of amides is 2.